The Morgan fingerprint density at radius 2 is 1.61 bits per heavy atom. The van der Waals surface area contributed by atoms with Crippen LogP contribution in [-0.2, 0) is 0 Å². The van der Waals surface area contributed by atoms with Crippen LogP contribution in [0, 0.1) is 5.82 Å². The first-order valence-electron chi connectivity index (χ1n) is 9.96. The molecule has 0 bridgehead atoms. The Morgan fingerprint density at radius 1 is 0.879 bits per heavy atom. The number of ether oxygens (including phenoxy) is 3. The number of amides is 1. The van der Waals surface area contributed by atoms with Gasteiger partial charge in [0.1, 0.15) is 11.6 Å². The van der Waals surface area contributed by atoms with Gasteiger partial charge >= 0.3 is 0 Å². The van der Waals surface area contributed by atoms with Gasteiger partial charge in [-0.25, -0.2) is 9.37 Å². The standard InChI is InChI=1S/C25H20FN3O4/c1-31-21-12-9-19(15-22(21)32-2)28-25(30)17-5-10-20(11-6-17)33-23-13-14-27-24(29-23)16-3-7-18(26)8-4-16/h3-15H,1-2H3,(H,28,30). The molecule has 1 heterocycles. The Kier molecular flexibility index (Phi) is 6.45. The summed E-state index contributed by atoms with van der Waals surface area (Å²) in [5, 5.41) is 2.82. The maximum Gasteiger partial charge on any atom is 0.255 e. The molecule has 1 aromatic heterocycles. The smallest absolute Gasteiger partial charge is 0.255 e. The molecular formula is C25H20FN3O4. The average Bonchev–Trinajstić information content (AvgIpc) is 2.85. The summed E-state index contributed by atoms with van der Waals surface area (Å²) in [4.78, 5) is 21.1. The first-order valence-corrected chi connectivity index (χ1v) is 9.96. The number of halogens is 1. The first kappa shape index (κ1) is 21.8. The fraction of sp³-hybridized carbons (Fsp3) is 0.0800. The molecule has 0 aliphatic rings. The molecule has 33 heavy (non-hydrogen) atoms. The Labute approximate surface area is 189 Å². The van der Waals surface area contributed by atoms with Crippen LogP contribution in [0.2, 0.25) is 0 Å². The van der Waals surface area contributed by atoms with Gasteiger partial charge in [-0.15, -0.1) is 0 Å². The zero-order valence-electron chi connectivity index (χ0n) is 17.9. The van der Waals surface area contributed by atoms with Crippen molar-refractivity contribution in [2.24, 2.45) is 0 Å². The second kappa shape index (κ2) is 9.78. The van der Waals surface area contributed by atoms with Gasteiger partial charge in [-0.2, -0.15) is 4.98 Å². The Balaban J connectivity index is 1.44. The van der Waals surface area contributed by atoms with Gasteiger partial charge in [-0.05, 0) is 60.7 Å². The first-order chi connectivity index (χ1) is 16.1. The number of carbonyl (C=O) groups excluding carboxylic acids is 1. The highest BCUT2D eigenvalue weighted by Crippen LogP contribution is 2.30. The van der Waals surface area contributed by atoms with Crippen molar-refractivity contribution < 1.29 is 23.4 Å². The maximum atomic E-state index is 13.1. The van der Waals surface area contributed by atoms with Crippen LogP contribution in [0.3, 0.4) is 0 Å². The third-order valence-corrected chi connectivity index (χ3v) is 4.71. The summed E-state index contributed by atoms with van der Waals surface area (Å²) in [6.07, 6.45) is 1.56. The molecular weight excluding hydrogens is 425 g/mol. The van der Waals surface area contributed by atoms with E-state index in [0.29, 0.717) is 45.8 Å². The highest BCUT2D eigenvalue weighted by molar-refractivity contribution is 6.04. The molecule has 0 aliphatic carbocycles. The monoisotopic (exact) mass is 445 g/mol. The van der Waals surface area contributed by atoms with Gasteiger partial charge in [-0.1, -0.05) is 0 Å². The molecule has 8 heteroatoms. The minimum absolute atomic E-state index is 0.283. The molecule has 166 valence electrons. The Morgan fingerprint density at radius 3 is 2.30 bits per heavy atom. The van der Waals surface area contributed by atoms with Crippen molar-refractivity contribution in [2.75, 3.05) is 19.5 Å². The van der Waals surface area contributed by atoms with Gasteiger partial charge in [-0.3, -0.25) is 4.79 Å². The highest BCUT2D eigenvalue weighted by Gasteiger charge is 2.10. The number of methoxy groups -OCH3 is 2. The molecule has 0 radical (unpaired) electrons. The maximum absolute atomic E-state index is 13.1. The second-order valence-corrected chi connectivity index (χ2v) is 6.88. The van der Waals surface area contributed by atoms with Gasteiger partial charge in [0, 0.05) is 35.1 Å². The van der Waals surface area contributed by atoms with Crippen molar-refractivity contribution in [3.63, 3.8) is 0 Å². The summed E-state index contributed by atoms with van der Waals surface area (Å²) in [6, 6.07) is 19.3. The number of hydrogen-bond acceptors (Lipinski definition) is 6. The molecule has 0 saturated heterocycles. The molecule has 0 unspecified atom stereocenters. The molecule has 1 amide bonds. The number of rotatable bonds is 7. The zero-order valence-corrected chi connectivity index (χ0v) is 17.9. The van der Waals surface area contributed by atoms with E-state index >= 15 is 0 Å². The predicted molar refractivity (Wildman–Crippen MR) is 121 cm³/mol. The lowest BCUT2D eigenvalue weighted by molar-refractivity contribution is 0.102. The SMILES string of the molecule is COc1ccc(NC(=O)c2ccc(Oc3ccnc(-c4ccc(F)cc4)n3)cc2)cc1OC. The van der Waals surface area contributed by atoms with Gasteiger partial charge in [0.15, 0.2) is 17.3 Å². The van der Waals surface area contributed by atoms with Crippen LogP contribution in [0.25, 0.3) is 11.4 Å². The Hall–Kier alpha value is -4.46. The molecule has 0 spiro atoms. The number of anilines is 1. The number of aromatic nitrogens is 2. The molecule has 4 rings (SSSR count). The number of carbonyl (C=O) groups is 1. The van der Waals surface area contributed by atoms with E-state index in [0.717, 1.165) is 0 Å². The summed E-state index contributed by atoms with van der Waals surface area (Å²) in [6.45, 7) is 0. The average molecular weight is 445 g/mol. The fourth-order valence-corrected chi connectivity index (χ4v) is 3.05. The van der Waals surface area contributed by atoms with Crippen LogP contribution in [0.15, 0.2) is 79.0 Å². The van der Waals surface area contributed by atoms with Gasteiger partial charge in [0.05, 0.1) is 14.2 Å². The number of nitrogens with zero attached hydrogens (tertiary/aromatic N) is 2. The van der Waals surface area contributed by atoms with Crippen molar-refractivity contribution in [3.8, 4) is 34.5 Å². The van der Waals surface area contributed by atoms with E-state index in [2.05, 4.69) is 15.3 Å². The van der Waals surface area contributed by atoms with Crippen molar-refractivity contribution in [1.29, 1.82) is 0 Å². The molecule has 0 atom stereocenters. The van der Waals surface area contributed by atoms with Gasteiger partial charge in [0.2, 0.25) is 5.88 Å². The minimum Gasteiger partial charge on any atom is -0.493 e. The normalized spacial score (nSPS) is 10.4. The van der Waals surface area contributed by atoms with Crippen LogP contribution < -0.4 is 19.5 Å². The predicted octanol–water partition coefficient (Wildman–Crippen LogP) is 5.34. The fourth-order valence-electron chi connectivity index (χ4n) is 3.05. The van der Waals surface area contributed by atoms with Gasteiger partial charge < -0.3 is 19.5 Å². The van der Waals surface area contributed by atoms with E-state index in [1.807, 2.05) is 0 Å². The van der Waals surface area contributed by atoms with E-state index in [4.69, 9.17) is 14.2 Å². The largest absolute Gasteiger partial charge is 0.493 e. The van der Waals surface area contributed by atoms with Crippen molar-refractivity contribution in [3.05, 3.63) is 90.4 Å². The molecule has 4 aromatic rings. The molecule has 0 aliphatic heterocycles. The van der Waals surface area contributed by atoms with E-state index < -0.39 is 0 Å². The summed E-state index contributed by atoms with van der Waals surface area (Å²) < 4.78 is 29.4. The lowest BCUT2D eigenvalue weighted by Crippen LogP contribution is -2.11. The summed E-state index contributed by atoms with van der Waals surface area (Å²) in [5.74, 6) is 1.72. The number of nitrogens with one attached hydrogen (secondary N) is 1. The number of hydrogen-bond donors (Lipinski definition) is 1. The van der Waals surface area contributed by atoms with Crippen molar-refractivity contribution in [2.45, 2.75) is 0 Å². The van der Waals surface area contributed by atoms with Crippen LogP contribution in [0.5, 0.6) is 23.1 Å². The molecule has 1 N–H and O–H groups in total. The summed E-state index contributed by atoms with van der Waals surface area (Å²) in [7, 11) is 3.08. The van der Waals surface area contributed by atoms with Crippen LogP contribution in [-0.4, -0.2) is 30.1 Å². The quantitative estimate of drug-likeness (QED) is 0.413. The summed E-state index contributed by atoms with van der Waals surface area (Å²) in [5.41, 5.74) is 1.70. The van der Waals surface area contributed by atoms with E-state index in [1.54, 1.807) is 74.0 Å². The lowest BCUT2D eigenvalue weighted by atomic mass is 10.2. The van der Waals surface area contributed by atoms with Crippen molar-refractivity contribution in [1.82, 2.24) is 9.97 Å². The lowest BCUT2D eigenvalue weighted by Gasteiger charge is -2.11. The molecule has 0 saturated carbocycles. The second-order valence-electron chi connectivity index (χ2n) is 6.88. The molecule has 7 nitrogen and oxygen atoms in total. The minimum atomic E-state index is -0.332. The van der Waals surface area contributed by atoms with E-state index in [-0.39, 0.29) is 11.7 Å². The highest BCUT2D eigenvalue weighted by atomic mass is 19.1. The third-order valence-electron chi connectivity index (χ3n) is 4.71. The van der Waals surface area contributed by atoms with E-state index in [9.17, 15) is 9.18 Å². The molecule has 3 aromatic carbocycles. The zero-order chi connectivity index (χ0) is 23.2. The van der Waals surface area contributed by atoms with Crippen LogP contribution in [0.1, 0.15) is 10.4 Å². The van der Waals surface area contributed by atoms with E-state index in [1.165, 1.54) is 19.2 Å². The van der Waals surface area contributed by atoms with Crippen LogP contribution >= 0.6 is 0 Å². The summed E-state index contributed by atoms with van der Waals surface area (Å²) >= 11 is 0. The van der Waals surface area contributed by atoms with Crippen LogP contribution in [0.4, 0.5) is 10.1 Å². The van der Waals surface area contributed by atoms with Crippen molar-refractivity contribution >= 4 is 11.6 Å². The topological polar surface area (TPSA) is 82.6 Å². The Bertz CT molecular complexity index is 1260. The number of benzene rings is 3. The third kappa shape index (κ3) is 5.24. The molecule has 0 fully saturated rings. The van der Waals surface area contributed by atoms with Gasteiger partial charge in [0.25, 0.3) is 5.91 Å².